The fourth-order valence-electron chi connectivity index (χ4n) is 7.37. The first-order valence-corrected chi connectivity index (χ1v) is 19.1. The normalized spacial score (nSPS) is 17.2. The summed E-state index contributed by atoms with van der Waals surface area (Å²) in [5, 5.41) is 34.5. The number of phenols is 2. The van der Waals surface area contributed by atoms with E-state index in [0.717, 1.165) is 84.1 Å². The van der Waals surface area contributed by atoms with Crippen LogP contribution in [0, 0.1) is 11.8 Å². The highest BCUT2D eigenvalue weighted by Crippen LogP contribution is 2.40. The summed E-state index contributed by atoms with van der Waals surface area (Å²) < 4.78 is 6.05. The Morgan fingerprint density at radius 1 is 1.00 bits per heavy atom. The van der Waals surface area contributed by atoms with Crippen LogP contribution in [0.1, 0.15) is 119 Å². The standard InChI is InChI=1S/C45H51N3O6/c1-29(49)8-5-3-2-4-6-10-34(50)15-12-30-14-17-42(52)44(25-30)54-23-20-31-13-16-41(51)39(24-31)38-28-43(53)35-19-22-47-40(35)11-7-9-32-27-37-33(26-36(32)38)18-21-48-45(37)46/h6,10,13-14,16-17,19,22,24-27,29,38,45,47-49,51-52H,2-5,8,11-12,15,18,20-21,23,28,46H2,1H3/b10-6+/t29-,38+,45-/m0/s1. The van der Waals surface area contributed by atoms with Gasteiger partial charge in [-0.1, -0.05) is 55.0 Å². The van der Waals surface area contributed by atoms with E-state index in [9.17, 15) is 24.9 Å². The number of H-pyrrole nitrogens is 1. The predicted molar refractivity (Wildman–Crippen MR) is 210 cm³/mol. The Kier molecular flexibility index (Phi) is 13.0. The summed E-state index contributed by atoms with van der Waals surface area (Å²) in [6.07, 6.45) is 12.2. The zero-order valence-corrected chi connectivity index (χ0v) is 31.0. The Hall–Kier alpha value is -5.14. The van der Waals surface area contributed by atoms with E-state index in [1.807, 2.05) is 24.3 Å². The molecule has 3 aromatic carbocycles. The highest BCUT2D eigenvalue weighted by molar-refractivity contribution is 5.98. The second kappa shape index (κ2) is 18.3. The molecule has 2 heterocycles. The number of carbonyl (C=O) groups is 2. The molecule has 0 saturated heterocycles. The first-order valence-electron chi connectivity index (χ1n) is 19.1. The molecular weight excluding hydrogens is 679 g/mol. The van der Waals surface area contributed by atoms with Crippen molar-refractivity contribution in [1.82, 2.24) is 10.3 Å². The molecule has 4 aromatic rings. The molecule has 0 saturated carbocycles. The third-order valence-corrected chi connectivity index (χ3v) is 10.4. The number of hydrogen-bond donors (Lipinski definition) is 6. The van der Waals surface area contributed by atoms with E-state index in [1.165, 1.54) is 0 Å². The van der Waals surface area contributed by atoms with Gasteiger partial charge < -0.3 is 30.8 Å². The van der Waals surface area contributed by atoms with Gasteiger partial charge in [-0.15, -0.1) is 0 Å². The van der Waals surface area contributed by atoms with E-state index in [0.29, 0.717) is 42.6 Å². The minimum atomic E-state index is -0.459. The van der Waals surface area contributed by atoms with E-state index < -0.39 is 5.92 Å². The van der Waals surface area contributed by atoms with Crippen molar-refractivity contribution in [3.8, 4) is 29.1 Å². The number of phenolic OH excluding ortho intramolecular Hbond substituents is 2. The number of ether oxygens (including phenoxy) is 1. The summed E-state index contributed by atoms with van der Waals surface area (Å²) >= 11 is 0. The molecule has 1 aliphatic heterocycles. The van der Waals surface area contributed by atoms with Gasteiger partial charge >= 0.3 is 0 Å². The Labute approximate surface area is 317 Å². The number of unbranched alkanes of at least 4 members (excludes halogenated alkanes) is 3. The molecule has 282 valence electrons. The number of fused-ring (bicyclic) bond motifs is 3. The molecule has 0 radical (unpaired) electrons. The van der Waals surface area contributed by atoms with Gasteiger partial charge in [0, 0.05) is 60.3 Å². The number of hydrogen-bond acceptors (Lipinski definition) is 8. The van der Waals surface area contributed by atoms with Gasteiger partial charge in [0.05, 0.1) is 25.3 Å². The quantitative estimate of drug-likeness (QED) is 0.0441. The molecule has 0 amide bonds. The topological polar surface area (TPSA) is 158 Å². The second-order valence-corrected chi connectivity index (χ2v) is 14.5. The second-order valence-electron chi connectivity index (χ2n) is 14.5. The molecule has 0 bridgehead atoms. The number of aryl methyl sites for hydroxylation is 1. The lowest BCUT2D eigenvalue weighted by Crippen LogP contribution is -2.35. The highest BCUT2D eigenvalue weighted by atomic mass is 16.5. The van der Waals surface area contributed by atoms with E-state index in [2.05, 4.69) is 28.2 Å². The van der Waals surface area contributed by atoms with Gasteiger partial charge in [0.1, 0.15) is 5.75 Å². The third-order valence-electron chi connectivity index (χ3n) is 10.4. The molecule has 6 rings (SSSR count). The number of benzene rings is 3. The van der Waals surface area contributed by atoms with Crippen molar-refractivity contribution in [2.75, 3.05) is 13.2 Å². The fraction of sp³-hybridized carbons (Fsp3) is 0.378. The van der Waals surface area contributed by atoms with E-state index >= 15 is 0 Å². The molecule has 0 spiro atoms. The maximum Gasteiger partial charge on any atom is 0.165 e. The smallest absolute Gasteiger partial charge is 0.165 e. The SMILES string of the molecule is C[C@H](O)CCCCC/C=C/C(=O)CCc1ccc(O)c(OCCc2ccc(O)c([C@@H]3CC(=O)c4cc[nH]c4CC#Cc4cc5c(cc43)CCN[C@@H]5N)c2)c1. The zero-order valence-electron chi connectivity index (χ0n) is 31.0. The summed E-state index contributed by atoms with van der Waals surface area (Å²) in [4.78, 5) is 29.5. The van der Waals surface area contributed by atoms with Crippen LogP contribution >= 0.6 is 0 Å². The minimum Gasteiger partial charge on any atom is -0.508 e. The fourth-order valence-corrected chi connectivity index (χ4v) is 7.37. The van der Waals surface area contributed by atoms with E-state index in [1.54, 1.807) is 49.5 Å². The van der Waals surface area contributed by atoms with Crippen molar-refractivity contribution < 1.29 is 29.6 Å². The number of carbonyl (C=O) groups excluding carboxylic acids is 2. The van der Waals surface area contributed by atoms with Gasteiger partial charge in [-0.2, -0.15) is 0 Å². The van der Waals surface area contributed by atoms with E-state index in [4.69, 9.17) is 10.5 Å². The van der Waals surface area contributed by atoms with Crippen LogP contribution in [0.4, 0.5) is 0 Å². The number of allylic oxidation sites excluding steroid dienone is 2. The van der Waals surface area contributed by atoms with Crippen molar-refractivity contribution in [1.29, 1.82) is 0 Å². The molecule has 1 aliphatic carbocycles. The molecule has 7 N–H and O–H groups in total. The van der Waals surface area contributed by atoms with Crippen LogP contribution in [0.2, 0.25) is 0 Å². The monoisotopic (exact) mass is 729 g/mol. The predicted octanol–water partition coefficient (Wildman–Crippen LogP) is 6.85. The van der Waals surface area contributed by atoms with Crippen LogP contribution in [-0.4, -0.2) is 51.1 Å². The summed E-state index contributed by atoms with van der Waals surface area (Å²) in [6, 6.07) is 16.6. The average molecular weight is 730 g/mol. The number of aliphatic hydroxyl groups excluding tert-OH is 1. The largest absolute Gasteiger partial charge is 0.508 e. The number of aromatic hydroxyl groups is 2. The third kappa shape index (κ3) is 9.88. The molecule has 9 nitrogen and oxygen atoms in total. The highest BCUT2D eigenvalue weighted by Gasteiger charge is 2.29. The maximum atomic E-state index is 13.8. The van der Waals surface area contributed by atoms with Crippen molar-refractivity contribution >= 4 is 11.6 Å². The average Bonchev–Trinajstić information content (AvgIpc) is 3.63. The molecule has 2 aliphatic rings. The number of nitrogens with one attached hydrogen (secondary N) is 2. The van der Waals surface area contributed by atoms with Crippen LogP contribution in [0.25, 0.3) is 0 Å². The lowest BCUT2D eigenvalue weighted by atomic mass is 9.79. The molecule has 54 heavy (non-hydrogen) atoms. The lowest BCUT2D eigenvalue weighted by Gasteiger charge is -2.28. The number of aliphatic hydroxyl groups is 1. The lowest BCUT2D eigenvalue weighted by molar-refractivity contribution is -0.114. The van der Waals surface area contributed by atoms with Crippen molar-refractivity contribution in [3.63, 3.8) is 0 Å². The van der Waals surface area contributed by atoms with Crippen LogP contribution in [0.5, 0.6) is 17.2 Å². The molecule has 0 fully saturated rings. The van der Waals surface area contributed by atoms with Crippen molar-refractivity contribution in [2.24, 2.45) is 5.73 Å². The Morgan fingerprint density at radius 3 is 2.65 bits per heavy atom. The Morgan fingerprint density at radius 2 is 1.81 bits per heavy atom. The Balaban J connectivity index is 1.14. The molecule has 0 unspecified atom stereocenters. The van der Waals surface area contributed by atoms with Gasteiger partial charge in [-0.25, -0.2) is 0 Å². The number of nitrogens with two attached hydrogens (primary N) is 1. The van der Waals surface area contributed by atoms with Crippen LogP contribution in [0.15, 0.2) is 72.9 Å². The first kappa shape index (κ1) is 38.6. The number of aromatic amines is 1. The summed E-state index contributed by atoms with van der Waals surface area (Å²) in [5.41, 5.74) is 14.1. The zero-order chi connectivity index (χ0) is 38.0. The number of Topliss-reactive ketones (excluding diaryl/α,β-unsaturated/α-hetero) is 1. The maximum absolute atomic E-state index is 13.8. The number of aromatic nitrogens is 1. The summed E-state index contributed by atoms with van der Waals surface area (Å²) in [5.74, 6) is 6.65. The van der Waals surface area contributed by atoms with E-state index in [-0.39, 0.29) is 48.4 Å². The van der Waals surface area contributed by atoms with Crippen molar-refractivity contribution in [3.05, 3.63) is 123 Å². The first-order chi connectivity index (χ1) is 26.2. The molecule has 3 atom stereocenters. The van der Waals surface area contributed by atoms with Gasteiger partial charge in [0.2, 0.25) is 0 Å². The summed E-state index contributed by atoms with van der Waals surface area (Å²) in [6.45, 7) is 2.81. The van der Waals surface area contributed by atoms with Gasteiger partial charge in [0.25, 0.3) is 0 Å². The van der Waals surface area contributed by atoms with Gasteiger partial charge in [-0.3, -0.25) is 14.9 Å². The van der Waals surface area contributed by atoms with Crippen LogP contribution in [0.3, 0.4) is 0 Å². The number of rotatable bonds is 15. The van der Waals surface area contributed by atoms with Crippen LogP contribution in [-0.2, 0) is 30.5 Å². The molecular formula is C45H51N3O6. The molecule has 1 aromatic heterocycles. The van der Waals surface area contributed by atoms with Gasteiger partial charge in [-0.05, 0) is 103 Å². The number of ketones is 2. The molecule has 9 heteroatoms. The van der Waals surface area contributed by atoms with Gasteiger partial charge in [0.15, 0.2) is 23.1 Å². The summed E-state index contributed by atoms with van der Waals surface area (Å²) in [7, 11) is 0. The van der Waals surface area contributed by atoms with Crippen molar-refractivity contribution in [2.45, 2.75) is 95.7 Å². The van der Waals surface area contributed by atoms with Crippen LogP contribution < -0.4 is 15.8 Å². The minimum absolute atomic E-state index is 0.0204. The Bertz CT molecular complexity index is 2050.